The van der Waals surface area contributed by atoms with Gasteiger partial charge < -0.3 is 10.6 Å². The number of benzene rings is 2. The maximum atomic E-state index is 12.6. The number of urea groups is 1. The lowest BCUT2D eigenvalue weighted by Gasteiger charge is -2.22. The molecule has 140 valence electrons. The summed E-state index contributed by atoms with van der Waals surface area (Å²) in [5.74, 6) is -0.738. The van der Waals surface area contributed by atoms with Crippen LogP contribution in [0.5, 0.6) is 0 Å². The van der Waals surface area contributed by atoms with Gasteiger partial charge in [-0.05, 0) is 42.7 Å². The van der Waals surface area contributed by atoms with Gasteiger partial charge in [0.25, 0.3) is 0 Å². The first-order valence-electron chi connectivity index (χ1n) is 8.66. The number of para-hydroxylation sites is 1. The second-order valence-corrected chi connectivity index (χ2v) is 6.83. The van der Waals surface area contributed by atoms with E-state index < -0.39 is 12.1 Å². The number of hydrogen-bond acceptors (Lipinski definition) is 3. The smallest absolute Gasteiger partial charge is 0.329 e. The number of carbonyl (C=O) groups excluding carboxylic acids is 3. The zero-order chi connectivity index (χ0) is 19.4. The maximum absolute atomic E-state index is 12.6. The topological polar surface area (TPSA) is 78.5 Å². The molecule has 0 bridgehead atoms. The summed E-state index contributed by atoms with van der Waals surface area (Å²) in [5.41, 5.74) is 2.37. The fourth-order valence-corrected chi connectivity index (χ4v) is 3.29. The highest BCUT2D eigenvalue weighted by Gasteiger charge is 2.40. The summed E-state index contributed by atoms with van der Waals surface area (Å²) in [6.45, 7) is 2.17. The van der Waals surface area contributed by atoms with Gasteiger partial charge in [-0.2, -0.15) is 0 Å². The molecule has 1 aliphatic rings. The molecule has 27 heavy (non-hydrogen) atoms. The van der Waals surface area contributed by atoms with Crippen molar-refractivity contribution in [3.05, 3.63) is 64.7 Å². The van der Waals surface area contributed by atoms with Crippen LogP contribution in [0.2, 0.25) is 5.02 Å². The van der Waals surface area contributed by atoms with Crippen LogP contribution in [-0.2, 0) is 16.1 Å². The van der Waals surface area contributed by atoms with E-state index in [0.717, 1.165) is 16.0 Å². The van der Waals surface area contributed by atoms with Gasteiger partial charge >= 0.3 is 6.03 Å². The number of aryl methyl sites for hydroxylation is 1. The Hall–Kier alpha value is -2.86. The Labute approximate surface area is 162 Å². The zero-order valence-electron chi connectivity index (χ0n) is 14.9. The first-order chi connectivity index (χ1) is 13.0. The van der Waals surface area contributed by atoms with Crippen molar-refractivity contribution in [2.75, 3.05) is 5.32 Å². The monoisotopic (exact) mass is 385 g/mol. The Balaban J connectivity index is 1.65. The van der Waals surface area contributed by atoms with Gasteiger partial charge in [0.2, 0.25) is 11.8 Å². The van der Waals surface area contributed by atoms with E-state index in [0.29, 0.717) is 17.1 Å². The summed E-state index contributed by atoms with van der Waals surface area (Å²) in [7, 11) is 0. The highest BCUT2D eigenvalue weighted by molar-refractivity contribution is 6.31. The van der Waals surface area contributed by atoms with E-state index in [2.05, 4.69) is 10.6 Å². The van der Waals surface area contributed by atoms with E-state index in [1.165, 1.54) is 0 Å². The van der Waals surface area contributed by atoms with Crippen LogP contribution in [0, 0.1) is 6.92 Å². The number of hydrogen-bond donors (Lipinski definition) is 2. The molecule has 7 heteroatoms. The first kappa shape index (κ1) is 18.9. The largest absolute Gasteiger partial charge is 0.350 e. The molecule has 1 saturated heterocycles. The van der Waals surface area contributed by atoms with E-state index in [4.69, 9.17) is 11.6 Å². The number of nitrogens with one attached hydrogen (secondary N) is 2. The molecule has 0 radical (unpaired) electrons. The van der Waals surface area contributed by atoms with Crippen molar-refractivity contribution in [2.24, 2.45) is 0 Å². The zero-order valence-corrected chi connectivity index (χ0v) is 15.6. The number of amides is 4. The Morgan fingerprint density at radius 3 is 2.63 bits per heavy atom. The number of rotatable bonds is 4. The van der Waals surface area contributed by atoms with Gasteiger partial charge in [0, 0.05) is 23.7 Å². The van der Waals surface area contributed by atoms with Crippen molar-refractivity contribution < 1.29 is 14.4 Å². The molecule has 0 aromatic heterocycles. The van der Waals surface area contributed by atoms with Crippen LogP contribution in [0.3, 0.4) is 0 Å². The maximum Gasteiger partial charge on any atom is 0.329 e. The molecule has 0 aliphatic carbocycles. The van der Waals surface area contributed by atoms with Crippen molar-refractivity contribution in [3.63, 3.8) is 0 Å². The van der Waals surface area contributed by atoms with Gasteiger partial charge in [-0.3, -0.25) is 14.5 Å². The molecule has 1 heterocycles. The molecular formula is C20H20ClN3O3. The molecule has 4 amide bonds. The molecule has 1 fully saturated rings. The van der Waals surface area contributed by atoms with E-state index in [-0.39, 0.29) is 24.8 Å². The highest BCUT2D eigenvalue weighted by atomic mass is 35.5. The molecule has 2 N–H and O–H groups in total. The molecule has 0 spiro atoms. The predicted molar refractivity (Wildman–Crippen MR) is 103 cm³/mol. The minimum Gasteiger partial charge on any atom is -0.350 e. The molecule has 2 aromatic rings. The van der Waals surface area contributed by atoms with Crippen molar-refractivity contribution in [1.82, 2.24) is 10.2 Å². The van der Waals surface area contributed by atoms with Crippen molar-refractivity contribution in [2.45, 2.75) is 32.4 Å². The van der Waals surface area contributed by atoms with Crippen molar-refractivity contribution >= 4 is 35.1 Å². The lowest BCUT2D eigenvalue weighted by Crippen LogP contribution is -2.49. The van der Waals surface area contributed by atoms with Crippen LogP contribution in [-0.4, -0.2) is 28.8 Å². The van der Waals surface area contributed by atoms with E-state index in [9.17, 15) is 14.4 Å². The van der Waals surface area contributed by atoms with Gasteiger partial charge in [0.1, 0.15) is 6.04 Å². The van der Waals surface area contributed by atoms with E-state index in [1.54, 1.807) is 24.3 Å². The van der Waals surface area contributed by atoms with E-state index >= 15 is 0 Å². The molecular weight excluding hydrogens is 366 g/mol. The predicted octanol–water partition coefficient (Wildman–Crippen LogP) is 3.49. The third-order valence-corrected chi connectivity index (χ3v) is 4.77. The quantitative estimate of drug-likeness (QED) is 0.845. The van der Waals surface area contributed by atoms with Crippen LogP contribution < -0.4 is 10.6 Å². The van der Waals surface area contributed by atoms with E-state index in [1.807, 2.05) is 31.2 Å². The summed E-state index contributed by atoms with van der Waals surface area (Å²) in [6, 6.07) is 12.9. The Morgan fingerprint density at radius 2 is 1.93 bits per heavy atom. The highest BCUT2D eigenvalue weighted by Crippen LogP contribution is 2.22. The molecule has 3 rings (SSSR count). The Bertz CT molecular complexity index is 870. The molecule has 0 unspecified atom stereocenters. The second kappa shape index (κ2) is 8.22. The van der Waals surface area contributed by atoms with Crippen LogP contribution in [0.25, 0.3) is 0 Å². The van der Waals surface area contributed by atoms with Gasteiger partial charge in [-0.15, -0.1) is 0 Å². The molecule has 1 atom stereocenters. The lowest BCUT2D eigenvalue weighted by atomic mass is 10.1. The molecule has 0 saturated carbocycles. The van der Waals surface area contributed by atoms with Crippen molar-refractivity contribution in [1.29, 1.82) is 0 Å². The lowest BCUT2D eigenvalue weighted by molar-refractivity contribution is -0.132. The minimum absolute atomic E-state index is 0.158. The molecule has 2 aromatic carbocycles. The van der Waals surface area contributed by atoms with Crippen LogP contribution in [0.1, 0.15) is 24.0 Å². The normalized spacial score (nSPS) is 16.3. The van der Waals surface area contributed by atoms with Crippen LogP contribution in [0.4, 0.5) is 10.5 Å². The standard InChI is InChI=1S/C20H20ClN3O3/c1-13-7-8-14(16(21)11-13)12-22-19(26)17-9-10-18(25)24(17)20(27)23-15-5-3-2-4-6-15/h2-8,11,17H,9-10,12H2,1H3,(H,22,26)(H,23,27)/t17-/m0/s1. The molecule has 6 nitrogen and oxygen atoms in total. The third kappa shape index (κ3) is 4.46. The van der Waals surface area contributed by atoms with Crippen molar-refractivity contribution in [3.8, 4) is 0 Å². The number of imide groups is 1. The average molecular weight is 386 g/mol. The summed E-state index contributed by atoms with van der Waals surface area (Å²) in [6.07, 6.45) is 0.458. The molecule has 1 aliphatic heterocycles. The first-order valence-corrected chi connectivity index (χ1v) is 9.04. The summed E-state index contributed by atoms with van der Waals surface area (Å²) < 4.78 is 0. The average Bonchev–Trinajstić information content (AvgIpc) is 3.03. The minimum atomic E-state index is -0.828. The van der Waals surface area contributed by atoms with Gasteiger partial charge in [0.15, 0.2) is 0 Å². The fraction of sp³-hybridized carbons (Fsp3) is 0.250. The second-order valence-electron chi connectivity index (χ2n) is 6.43. The SMILES string of the molecule is Cc1ccc(CNC(=O)[C@@H]2CCC(=O)N2C(=O)Nc2ccccc2)c(Cl)c1. The number of halogens is 1. The number of likely N-dealkylation sites (tertiary alicyclic amines) is 1. The number of carbonyl (C=O) groups is 3. The Kier molecular flexibility index (Phi) is 5.76. The summed E-state index contributed by atoms with van der Waals surface area (Å²) in [5, 5.41) is 5.99. The Morgan fingerprint density at radius 1 is 1.19 bits per heavy atom. The third-order valence-electron chi connectivity index (χ3n) is 4.42. The van der Waals surface area contributed by atoms with Crippen LogP contribution >= 0.6 is 11.6 Å². The summed E-state index contributed by atoms with van der Waals surface area (Å²) >= 11 is 6.19. The van der Waals surface area contributed by atoms with Gasteiger partial charge in [-0.1, -0.05) is 41.9 Å². The summed E-state index contributed by atoms with van der Waals surface area (Å²) in [4.78, 5) is 38.2. The fourth-order valence-electron chi connectivity index (χ4n) is 2.99. The number of anilines is 1. The number of nitrogens with zero attached hydrogens (tertiary/aromatic N) is 1. The van der Waals surface area contributed by atoms with Crippen LogP contribution in [0.15, 0.2) is 48.5 Å². The van der Waals surface area contributed by atoms with Gasteiger partial charge in [-0.25, -0.2) is 4.79 Å². The van der Waals surface area contributed by atoms with Gasteiger partial charge in [0.05, 0.1) is 0 Å².